The minimum absolute atomic E-state index is 0.0176. The van der Waals surface area contributed by atoms with Gasteiger partial charge in [-0.3, -0.25) is 0 Å². The predicted molar refractivity (Wildman–Crippen MR) is 61.8 cm³/mol. The van der Waals surface area contributed by atoms with E-state index < -0.39 is 5.97 Å². The number of carboxylic acids is 1. The number of nitrogen functional groups attached to an aromatic ring is 1. The van der Waals surface area contributed by atoms with Gasteiger partial charge < -0.3 is 10.8 Å². The molecular formula is C8H5ClN2O2S2. The Morgan fingerprint density at radius 1 is 1.60 bits per heavy atom. The van der Waals surface area contributed by atoms with Gasteiger partial charge >= 0.3 is 5.97 Å². The Labute approximate surface area is 98.0 Å². The number of hydrogen-bond donors (Lipinski definition) is 2. The second-order valence-electron chi connectivity index (χ2n) is 2.66. The number of thiophene rings is 1. The molecule has 2 aromatic rings. The molecule has 0 aliphatic heterocycles. The summed E-state index contributed by atoms with van der Waals surface area (Å²) in [5.41, 5.74) is 5.46. The molecule has 0 unspecified atom stereocenters. The van der Waals surface area contributed by atoms with E-state index in [-0.39, 0.29) is 10.8 Å². The lowest BCUT2D eigenvalue weighted by Crippen LogP contribution is -1.98. The first-order chi connectivity index (χ1) is 7.08. The number of halogens is 1. The Morgan fingerprint density at radius 2 is 2.33 bits per heavy atom. The van der Waals surface area contributed by atoms with Crippen LogP contribution in [0.4, 0.5) is 5.13 Å². The van der Waals surface area contributed by atoms with E-state index in [1.165, 1.54) is 11.3 Å². The molecule has 0 aliphatic rings. The summed E-state index contributed by atoms with van der Waals surface area (Å²) < 4.78 is 0. The van der Waals surface area contributed by atoms with Crippen molar-refractivity contribution < 1.29 is 9.90 Å². The third-order valence-corrected chi connectivity index (χ3v) is 3.98. The molecule has 0 aliphatic carbocycles. The molecule has 0 fully saturated rings. The molecule has 4 nitrogen and oxygen atoms in total. The van der Waals surface area contributed by atoms with Gasteiger partial charge in [0.25, 0.3) is 0 Å². The highest BCUT2D eigenvalue weighted by Gasteiger charge is 2.18. The van der Waals surface area contributed by atoms with Crippen LogP contribution in [-0.2, 0) is 0 Å². The second kappa shape index (κ2) is 3.80. The third kappa shape index (κ3) is 1.97. The van der Waals surface area contributed by atoms with Gasteiger partial charge in [0.1, 0.15) is 0 Å². The molecule has 15 heavy (non-hydrogen) atoms. The normalized spacial score (nSPS) is 10.5. The molecule has 3 N–H and O–H groups in total. The first kappa shape index (κ1) is 10.4. The number of carbonyl (C=O) groups is 1. The minimum Gasteiger partial charge on any atom is -0.476 e. The fraction of sp³-hybridized carbons (Fsp3) is 0. The van der Waals surface area contributed by atoms with E-state index in [4.69, 9.17) is 22.4 Å². The maximum absolute atomic E-state index is 10.9. The maximum Gasteiger partial charge on any atom is 0.356 e. The van der Waals surface area contributed by atoms with Crippen LogP contribution < -0.4 is 5.73 Å². The van der Waals surface area contributed by atoms with E-state index in [2.05, 4.69) is 4.98 Å². The Morgan fingerprint density at radius 3 is 2.87 bits per heavy atom. The van der Waals surface area contributed by atoms with Gasteiger partial charge in [0, 0.05) is 10.3 Å². The molecule has 0 saturated heterocycles. The number of carboxylic acid groups (broad SMARTS) is 1. The average molecular weight is 261 g/mol. The highest BCUT2D eigenvalue weighted by molar-refractivity contribution is 7.23. The van der Waals surface area contributed by atoms with Gasteiger partial charge in [0.15, 0.2) is 10.8 Å². The summed E-state index contributed by atoms with van der Waals surface area (Å²) in [4.78, 5) is 16.0. The molecular weight excluding hydrogens is 256 g/mol. The molecule has 0 bridgehead atoms. The van der Waals surface area contributed by atoms with Crippen LogP contribution in [0.2, 0.25) is 5.02 Å². The van der Waals surface area contributed by atoms with Crippen LogP contribution in [0.15, 0.2) is 11.4 Å². The number of aromatic nitrogens is 1. The summed E-state index contributed by atoms with van der Waals surface area (Å²) in [6, 6.07) is 1.70. The van der Waals surface area contributed by atoms with Gasteiger partial charge in [0.05, 0.1) is 9.90 Å². The number of aromatic carboxylic acids is 1. The summed E-state index contributed by atoms with van der Waals surface area (Å²) in [6.45, 7) is 0. The van der Waals surface area contributed by atoms with Crippen LogP contribution >= 0.6 is 34.3 Å². The fourth-order valence-electron chi connectivity index (χ4n) is 1.08. The van der Waals surface area contributed by atoms with Gasteiger partial charge in [-0.2, -0.15) is 0 Å². The molecule has 2 heterocycles. The van der Waals surface area contributed by atoms with E-state index in [0.29, 0.717) is 9.90 Å². The van der Waals surface area contributed by atoms with Gasteiger partial charge in [-0.05, 0) is 6.07 Å². The standard InChI is InChI=1S/C8H5ClN2O2S2/c9-3-1-4(14-2-3)6-5(7(12)13)11-8(10)15-6/h1-2H,(H2,10,11)(H,12,13). The van der Waals surface area contributed by atoms with Gasteiger partial charge in [0.2, 0.25) is 0 Å². The summed E-state index contributed by atoms with van der Waals surface area (Å²) >= 11 is 8.28. The predicted octanol–water partition coefficient (Wildman–Crippen LogP) is 2.81. The van der Waals surface area contributed by atoms with Crippen molar-refractivity contribution in [2.75, 3.05) is 5.73 Å². The van der Waals surface area contributed by atoms with Crippen molar-refractivity contribution >= 4 is 45.4 Å². The van der Waals surface area contributed by atoms with Gasteiger partial charge in [-0.25, -0.2) is 9.78 Å². The fourth-order valence-corrected chi connectivity index (χ4v) is 3.10. The van der Waals surface area contributed by atoms with E-state index >= 15 is 0 Å². The van der Waals surface area contributed by atoms with E-state index in [9.17, 15) is 4.79 Å². The Balaban J connectivity index is 2.56. The van der Waals surface area contributed by atoms with Crippen molar-refractivity contribution in [1.29, 1.82) is 0 Å². The number of nitrogens with two attached hydrogens (primary N) is 1. The van der Waals surface area contributed by atoms with Crippen molar-refractivity contribution in [3.63, 3.8) is 0 Å². The molecule has 0 spiro atoms. The van der Waals surface area contributed by atoms with Crippen molar-refractivity contribution in [1.82, 2.24) is 4.98 Å². The van der Waals surface area contributed by atoms with Crippen LogP contribution in [-0.4, -0.2) is 16.1 Å². The number of hydrogen-bond acceptors (Lipinski definition) is 5. The second-order valence-corrected chi connectivity index (χ2v) is 5.04. The topological polar surface area (TPSA) is 76.2 Å². The Kier molecular flexibility index (Phi) is 2.64. The van der Waals surface area contributed by atoms with Crippen molar-refractivity contribution in [2.45, 2.75) is 0 Å². The molecule has 0 radical (unpaired) electrons. The SMILES string of the molecule is Nc1nc(C(=O)O)c(-c2cc(Cl)cs2)s1. The van der Waals surface area contributed by atoms with Gasteiger partial charge in [-0.15, -0.1) is 11.3 Å². The summed E-state index contributed by atoms with van der Waals surface area (Å²) in [5, 5.41) is 11.5. The number of anilines is 1. The van der Waals surface area contributed by atoms with Crippen LogP contribution in [0, 0.1) is 0 Å². The molecule has 7 heteroatoms. The van der Waals surface area contributed by atoms with Gasteiger partial charge in [-0.1, -0.05) is 22.9 Å². The number of rotatable bonds is 2. The highest BCUT2D eigenvalue weighted by atomic mass is 35.5. The monoisotopic (exact) mass is 260 g/mol. The molecule has 0 aromatic carbocycles. The third-order valence-electron chi connectivity index (χ3n) is 1.64. The summed E-state index contributed by atoms with van der Waals surface area (Å²) in [7, 11) is 0. The van der Waals surface area contributed by atoms with Crippen molar-refractivity contribution in [3.05, 3.63) is 22.2 Å². The Hall–Kier alpha value is -1.11. The van der Waals surface area contributed by atoms with Crippen molar-refractivity contribution in [3.8, 4) is 9.75 Å². The molecule has 2 rings (SSSR count). The molecule has 2 aromatic heterocycles. The average Bonchev–Trinajstić information content (AvgIpc) is 2.71. The largest absolute Gasteiger partial charge is 0.476 e. The van der Waals surface area contributed by atoms with E-state index in [0.717, 1.165) is 16.2 Å². The quantitative estimate of drug-likeness (QED) is 0.871. The lowest BCUT2D eigenvalue weighted by Gasteiger charge is -1.92. The van der Waals surface area contributed by atoms with Crippen LogP contribution in [0.1, 0.15) is 10.5 Å². The van der Waals surface area contributed by atoms with E-state index in [1.807, 2.05) is 0 Å². The highest BCUT2D eigenvalue weighted by Crippen LogP contribution is 2.37. The first-order valence-electron chi connectivity index (χ1n) is 3.82. The number of nitrogens with zero attached hydrogens (tertiary/aromatic N) is 1. The zero-order valence-electron chi connectivity index (χ0n) is 7.23. The minimum atomic E-state index is -1.08. The zero-order valence-corrected chi connectivity index (χ0v) is 9.62. The maximum atomic E-state index is 10.9. The molecule has 0 atom stereocenters. The van der Waals surface area contributed by atoms with Crippen molar-refractivity contribution in [2.24, 2.45) is 0 Å². The zero-order chi connectivity index (χ0) is 11.0. The molecule has 78 valence electrons. The smallest absolute Gasteiger partial charge is 0.356 e. The summed E-state index contributed by atoms with van der Waals surface area (Å²) in [6.07, 6.45) is 0. The summed E-state index contributed by atoms with van der Waals surface area (Å²) in [5.74, 6) is -1.08. The first-order valence-corrected chi connectivity index (χ1v) is 5.89. The van der Waals surface area contributed by atoms with Crippen LogP contribution in [0.5, 0.6) is 0 Å². The molecule has 0 amide bonds. The Bertz CT molecular complexity index is 520. The van der Waals surface area contributed by atoms with Crippen LogP contribution in [0.3, 0.4) is 0 Å². The lowest BCUT2D eigenvalue weighted by molar-refractivity contribution is 0.0692. The van der Waals surface area contributed by atoms with E-state index in [1.54, 1.807) is 11.4 Å². The number of thiazole rings is 1. The van der Waals surface area contributed by atoms with Crippen LogP contribution in [0.25, 0.3) is 9.75 Å². The molecule has 0 saturated carbocycles. The lowest BCUT2D eigenvalue weighted by atomic mass is 10.3.